The van der Waals surface area contributed by atoms with Crippen molar-refractivity contribution in [2.45, 2.75) is 51.4 Å². The number of nitrogen functional groups attached to an aromatic ring is 1. The first-order valence-electron chi connectivity index (χ1n) is 9.95. The van der Waals surface area contributed by atoms with Crippen molar-refractivity contribution in [3.05, 3.63) is 23.5 Å². The Labute approximate surface area is 155 Å². The smallest absolute Gasteiger partial charge is 0.166 e. The van der Waals surface area contributed by atoms with E-state index in [0.717, 1.165) is 38.3 Å². The van der Waals surface area contributed by atoms with E-state index >= 15 is 0 Å². The summed E-state index contributed by atoms with van der Waals surface area (Å²) >= 11 is 0. The van der Waals surface area contributed by atoms with Crippen molar-refractivity contribution in [3.63, 3.8) is 0 Å². The van der Waals surface area contributed by atoms with Gasteiger partial charge in [0.05, 0.1) is 18.4 Å². The lowest BCUT2D eigenvalue weighted by atomic mass is 9.89. The number of hydrogen-bond acceptors (Lipinski definition) is 4. The van der Waals surface area contributed by atoms with Crippen LogP contribution in [0, 0.1) is 17.7 Å². The molecule has 1 aromatic rings. The van der Waals surface area contributed by atoms with Crippen LogP contribution >= 0.6 is 0 Å². The normalized spacial score (nSPS) is 19.8. The van der Waals surface area contributed by atoms with Gasteiger partial charge in [0.25, 0.3) is 0 Å². The number of carbonyl (C=O) groups excluding carboxylic acids is 1. The van der Waals surface area contributed by atoms with Crippen LogP contribution in [0.1, 0.15) is 61.7 Å². The number of Topliss-reactive ketones (excluding diaryl/α,β-unsaturated/α-hetero) is 1. The highest BCUT2D eigenvalue weighted by Gasteiger charge is 2.24. The van der Waals surface area contributed by atoms with E-state index in [1.807, 2.05) is 0 Å². The van der Waals surface area contributed by atoms with Crippen LogP contribution < -0.4 is 10.5 Å². The van der Waals surface area contributed by atoms with Crippen LogP contribution in [-0.4, -0.2) is 37.4 Å². The lowest BCUT2D eigenvalue weighted by Gasteiger charge is -2.33. The molecule has 1 aliphatic heterocycles. The third-order valence-electron chi connectivity index (χ3n) is 6.10. The highest BCUT2D eigenvalue weighted by atomic mass is 19.1. The predicted octanol–water partition coefficient (Wildman–Crippen LogP) is 4.28. The van der Waals surface area contributed by atoms with Gasteiger partial charge in [-0.1, -0.05) is 12.8 Å². The largest absolute Gasteiger partial charge is 0.496 e. The molecule has 5 heteroatoms. The molecule has 1 aromatic carbocycles. The Kier molecular flexibility index (Phi) is 6.52. The van der Waals surface area contributed by atoms with Gasteiger partial charge in [0, 0.05) is 19.0 Å². The number of likely N-dealkylation sites (tertiary alicyclic amines) is 1. The maximum Gasteiger partial charge on any atom is 0.166 e. The molecule has 1 heterocycles. The van der Waals surface area contributed by atoms with E-state index in [2.05, 4.69) is 4.90 Å². The third-order valence-corrected chi connectivity index (χ3v) is 6.10. The van der Waals surface area contributed by atoms with Crippen molar-refractivity contribution in [2.24, 2.45) is 11.8 Å². The van der Waals surface area contributed by atoms with Gasteiger partial charge in [0.15, 0.2) is 5.78 Å². The Hall–Kier alpha value is -1.62. The van der Waals surface area contributed by atoms with Crippen LogP contribution in [0.5, 0.6) is 5.75 Å². The van der Waals surface area contributed by atoms with Crippen LogP contribution in [0.25, 0.3) is 0 Å². The van der Waals surface area contributed by atoms with Gasteiger partial charge in [0.1, 0.15) is 11.6 Å². The Balaban J connectivity index is 1.46. The summed E-state index contributed by atoms with van der Waals surface area (Å²) < 4.78 is 18.9. The molecule has 4 nitrogen and oxygen atoms in total. The molecular weight excluding hydrogens is 331 g/mol. The Morgan fingerprint density at radius 3 is 2.54 bits per heavy atom. The minimum absolute atomic E-state index is 0.00744. The predicted molar refractivity (Wildman–Crippen MR) is 102 cm³/mol. The number of rotatable bonds is 7. The first-order valence-corrected chi connectivity index (χ1v) is 9.95. The zero-order valence-electron chi connectivity index (χ0n) is 15.8. The first-order chi connectivity index (χ1) is 12.6. The number of carbonyl (C=O) groups is 1. The second-order valence-electron chi connectivity index (χ2n) is 7.93. The number of anilines is 1. The van der Waals surface area contributed by atoms with Crippen molar-refractivity contribution in [2.75, 3.05) is 32.5 Å². The molecule has 0 bridgehead atoms. The van der Waals surface area contributed by atoms with Gasteiger partial charge in [-0.2, -0.15) is 0 Å². The van der Waals surface area contributed by atoms with Gasteiger partial charge in [-0.25, -0.2) is 4.39 Å². The maximum atomic E-state index is 13.7. The molecule has 2 N–H and O–H groups in total. The lowest BCUT2D eigenvalue weighted by Crippen LogP contribution is -2.36. The monoisotopic (exact) mass is 362 g/mol. The molecule has 1 saturated heterocycles. The highest BCUT2D eigenvalue weighted by Crippen LogP contribution is 2.30. The molecule has 3 rings (SSSR count). The summed E-state index contributed by atoms with van der Waals surface area (Å²) in [5, 5.41) is 0. The second-order valence-corrected chi connectivity index (χ2v) is 7.93. The molecule has 0 spiro atoms. The number of hydrogen-bond donors (Lipinski definition) is 1. The number of nitrogens with two attached hydrogens (primary N) is 1. The fourth-order valence-corrected chi connectivity index (χ4v) is 4.44. The molecular formula is C21H31FN2O2. The topological polar surface area (TPSA) is 55.6 Å². The quantitative estimate of drug-likeness (QED) is 0.581. The molecule has 1 saturated carbocycles. The lowest BCUT2D eigenvalue weighted by molar-refractivity contribution is 0.0956. The van der Waals surface area contributed by atoms with Crippen molar-refractivity contribution < 1.29 is 13.9 Å². The first kappa shape index (κ1) is 19.2. The number of benzene rings is 1. The molecule has 1 aliphatic carbocycles. The van der Waals surface area contributed by atoms with Crippen LogP contribution in [0.4, 0.5) is 10.1 Å². The summed E-state index contributed by atoms with van der Waals surface area (Å²) in [4.78, 5) is 15.1. The standard InChI is InChI=1S/C21H31FN2O2/c1-26-21-13-19(23)18(22)12-17(21)20(25)7-6-15-8-10-24(11-9-15)14-16-4-2-3-5-16/h12-13,15-16H,2-11,14,23H2,1H3. The van der Waals surface area contributed by atoms with E-state index in [9.17, 15) is 9.18 Å². The average Bonchev–Trinajstić information content (AvgIpc) is 3.15. The van der Waals surface area contributed by atoms with Gasteiger partial charge >= 0.3 is 0 Å². The summed E-state index contributed by atoms with van der Waals surface area (Å²) in [6, 6.07) is 2.60. The highest BCUT2D eigenvalue weighted by molar-refractivity contribution is 5.99. The number of ether oxygens (including phenoxy) is 1. The summed E-state index contributed by atoms with van der Waals surface area (Å²) in [5.41, 5.74) is 5.87. The summed E-state index contributed by atoms with van der Waals surface area (Å²) in [6.45, 7) is 3.55. The Morgan fingerprint density at radius 1 is 1.19 bits per heavy atom. The molecule has 144 valence electrons. The number of methoxy groups -OCH3 is 1. The Bertz CT molecular complexity index is 621. The molecule has 0 aromatic heterocycles. The van der Waals surface area contributed by atoms with E-state index in [-0.39, 0.29) is 11.5 Å². The average molecular weight is 362 g/mol. The van der Waals surface area contributed by atoms with E-state index in [0.29, 0.717) is 23.7 Å². The molecule has 2 aliphatic rings. The Morgan fingerprint density at radius 2 is 1.88 bits per heavy atom. The van der Waals surface area contributed by atoms with Crippen LogP contribution in [0.2, 0.25) is 0 Å². The zero-order chi connectivity index (χ0) is 18.5. The third kappa shape index (κ3) is 4.76. The molecule has 26 heavy (non-hydrogen) atoms. The fourth-order valence-electron chi connectivity index (χ4n) is 4.44. The second kappa shape index (κ2) is 8.85. The minimum atomic E-state index is -0.561. The SMILES string of the molecule is COc1cc(N)c(F)cc1C(=O)CCC1CCN(CC2CCCC2)CC1. The number of ketones is 1. The maximum absolute atomic E-state index is 13.7. The molecule has 0 atom stereocenters. The molecule has 0 amide bonds. The van der Waals surface area contributed by atoms with Gasteiger partial charge < -0.3 is 15.4 Å². The number of halogens is 1. The minimum Gasteiger partial charge on any atom is -0.496 e. The van der Waals surface area contributed by atoms with Gasteiger partial charge in [-0.3, -0.25) is 4.79 Å². The van der Waals surface area contributed by atoms with Gasteiger partial charge in [-0.15, -0.1) is 0 Å². The van der Waals surface area contributed by atoms with E-state index < -0.39 is 5.82 Å². The van der Waals surface area contributed by atoms with Crippen LogP contribution in [0.3, 0.4) is 0 Å². The van der Waals surface area contributed by atoms with E-state index in [1.165, 1.54) is 51.5 Å². The van der Waals surface area contributed by atoms with Crippen molar-refractivity contribution >= 4 is 11.5 Å². The van der Waals surface area contributed by atoms with Crippen LogP contribution in [-0.2, 0) is 0 Å². The molecule has 0 radical (unpaired) electrons. The van der Waals surface area contributed by atoms with Gasteiger partial charge in [-0.05, 0) is 63.1 Å². The van der Waals surface area contributed by atoms with Gasteiger partial charge in [0.2, 0.25) is 0 Å². The number of piperidine rings is 1. The van der Waals surface area contributed by atoms with E-state index in [1.54, 1.807) is 0 Å². The molecule has 2 fully saturated rings. The summed E-state index contributed by atoms with van der Waals surface area (Å²) in [6.07, 6.45) is 9.22. The van der Waals surface area contributed by atoms with Crippen molar-refractivity contribution in [1.29, 1.82) is 0 Å². The molecule has 0 unspecified atom stereocenters. The summed E-state index contributed by atoms with van der Waals surface area (Å²) in [7, 11) is 1.48. The van der Waals surface area contributed by atoms with Crippen molar-refractivity contribution in [3.8, 4) is 5.75 Å². The zero-order valence-corrected chi connectivity index (χ0v) is 15.8. The number of nitrogens with zero attached hydrogens (tertiary/aromatic N) is 1. The van der Waals surface area contributed by atoms with Crippen LogP contribution in [0.15, 0.2) is 12.1 Å². The van der Waals surface area contributed by atoms with Crippen molar-refractivity contribution in [1.82, 2.24) is 4.90 Å². The fraction of sp³-hybridized carbons (Fsp3) is 0.667. The van der Waals surface area contributed by atoms with E-state index in [4.69, 9.17) is 10.5 Å². The summed E-state index contributed by atoms with van der Waals surface area (Å²) in [5.74, 6) is 1.23.